The van der Waals surface area contributed by atoms with Gasteiger partial charge in [0.05, 0.1) is 7.11 Å². The molecule has 2 rings (SSSR count). The number of benzene rings is 1. The van der Waals surface area contributed by atoms with Crippen LogP contribution in [0.2, 0.25) is 0 Å². The smallest absolute Gasteiger partial charge is 0.119 e. The van der Waals surface area contributed by atoms with Crippen LogP contribution in [0.3, 0.4) is 0 Å². The highest BCUT2D eigenvalue weighted by Crippen LogP contribution is 2.35. The maximum Gasteiger partial charge on any atom is 0.119 e. The summed E-state index contributed by atoms with van der Waals surface area (Å²) in [7, 11) is 1.72. The van der Waals surface area contributed by atoms with E-state index in [0.29, 0.717) is 0 Å². The van der Waals surface area contributed by atoms with E-state index in [0.717, 1.165) is 18.7 Å². The van der Waals surface area contributed by atoms with Crippen LogP contribution in [-0.4, -0.2) is 13.7 Å². The van der Waals surface area contributed by atoms with Gasteiger partial charge >= 0.3 is 0 Å². The molecule has 0 aromatic heterocycles. The van der Waals surface area contributed by atoms with Gasteiger partial charge in [0.2, 0.25) is 0 Å². The van der Waals surface area contributed by atoms with Crippen LogP contribution < -0.4 is 10.1 Å². The van der Waals surface area contributed by atoms with Crippen LogP contribution in [0.25, 0.3) is 0 Å². The van der Waals surface area contributed by atoms with Crippen molar-refractivity contribution in [3.63, 3.8) is 0 Å². The lowest BCUT2D eigenvalue weighted by molar-refractivity contribution is 0.370. The second kappa shape index (κ2) is 4.23. The summed E-state index contributed by atoms with van der Waals surface area (Å²) in [6.07, 6.45) is 3.64. The zero-order chi connectivity index (χ0) is 10.7. The molecule has 1 aliphatic heterocycles. The van der Waals surface area contributed by atoms with Gasteiger partial charge in [-0.3, -0.25) is 0 Å². The first-order valence-corrected chi connectivity index (χ1v) is 5.70. The maximum atomic E-state index is 5.28. The number of ether oxygens (including phenoxy) is 1. The molecule has 0 bridgehead atoms. The first-order chi connectivity index (χ1) is 7.30. The summed E-state index contributed by atoms with van der Waals surface area (Å²) in [6, 6.07) is 8.43. The minimum Gasteiger partial charge on any atom is -0.497 e. The Morgan fingerprint density at radius 1 is 1.47 bits per heavy atom. The molecule has 1 aromatic rings. The molecule has 0 aliphatic carbocycles. The van der Waals surface area contributed by atoms with Crippen molar-refractivity contribution in [2.24, 2.45) is 0 Å². The molecule has 15 heavy (non-hydrogen) atoms. The molecule has 82 valence electrons. The van der Waals surface area contributed by atoms with Gasteiger partial charge in [0.1, 0.15) is 5.75 Å². The van der Waals surface area contributed by atoms with Crippen molar-refractivity contribution >= 4 is 0 Å². The summed E-state index contributed by atoms with van der Waals surface area (Å²) in [4.78, 5) is 0. The molecular formula is C13H19NO. The predicted octanol–water partition coefficient (Wildman–Crippen LogP) is 2.68. The molecule has 1 saturated heterocycles. The molecule has 0 unspecified atom stereocenters. The van der Waals surface area contributed by atoms with E-state index in [2.05, 4.69) is 30.4 Å². The SMILES string of the molecule is CC[C@@]1(c2cccc(OC)c2)CCCN1. The number of hydrogen-bond donors (Lipinski definition) is 1. The Morgan fingerprint density at radius 3 is 2.93 bits per heavy atom. The fourth-order valence-electron chi connectivity index (χ4n) is 2.48. The number of methoxy groups -OCH3 is 1. The molecule has 1 aromatic carbocycles. The van der Waals surface area contributed by atoms with Gasteiger partial charge in [-0.2, -0.15) is 0 Å². The number of rotatable bonds is 3. The maximum absolute atomic E-state index is 5.28. The fraction of sp³-hybridized carbons (Fsp3) is 0.538. The largest absolute Gasteiger partial charge is 0.497 e. The third-order valence-electron chi connectivity index (χ3n) is 3.47. The lowest BCUT2D eigenvalue weighted by atomic mass is 9.86. The summed E-state index contributed by atoms with van der Waals surface area (Å²) in [5, 5.41) is 3.63. The first-order valence-electron chi connectivity index (χ1n) is 5.70. The van der Waals surface area contributed by atoms with E-state index in [1.165, 1.54) is 18.4 Å². The van der Waals surface area contributed by atoms with Crippen LogP contribution >= 0.6 is 0 Å². The molecule has 0 saturated carbocycles. The molecular weight excluding hydrogens is 186 g/mol. The highest BCUT2D eigenvalue weighted by molar-refractivity contribution is 5.34. The summed E-state index contributed by atoms with van der Waals surface area (Å²) >= 11 is 0. The van der Waals surface area contributed by atoms with Gasteiger partial charge in [-0.15, -0.1) is 0 Å². The Balaban J connectivity index is 2.33. The molecule has 0 radical (unpaired) electrons. The minimum absolute atomic E-state index is 0.189. The summed E-state index contributed by atoms with van der Waals surface area (Å²) in [5.74, 6) is 0.953. The van der Waals surface area contributed by atoms with Gasteiger partial charge in [-0.05, 0) is 43.5 Å². The molecule has 0 amide bonds. The van der Waals surface area contributed by atoms with E-state index in [4.69, 9.17) is 4.74 Å². The van der Waals surface area contributed by atoms with E-state index in [9.17, 15) is 0 Å². The van der Waals surface area contributed by atoms with Crippen LogP contribution in [-0.2, 0) is 5.54 Å². The van der Waals surface area contributed by atoms with Gasteiger partial charge in [0.25, 0.3) is 0 Å². The lowest BCUT2D eigenvalue weighted by Crippen LogP contribution is -2.35. The third kappa shape index (κ3) is 1.86. The van der Waals surface area contributed by atoms with Crippen LogP contribution in [0.4, 0.5) is 0 Å². The van der Waals surface area contributed by atoms with E-state index >= 15 is 0 Å². The Kier molecular flexibility index (Phi) is 2.96. The predicted molar refractivity (Wildman–Crippen MR) is 62.2 cm³/mol. The third-order valence-corrected chi connectivity index (χ3v) is 3.47. The Morgan fingerprint density at radius 2 is 2.33 bits per heavy atom. The van der Waals surface area contributed by atoms with Crippen molar-refractivity contribution in [3.8, 4) is 5.75 Å². The zero-order valence-corrected chi connectivity index (χ0v) is 9.55. The number of hydrogen-bond acceptors (Lipinski definition) is 2. The highest BCUT2D eigenvalue weighted by atomic mass is 16.5. The number of nitrogens with one attached hydrogen (secondary N) is 1. The average molecular weight is 205 g/mol. The van der Waals surface area contributed by atoms with Crippen LogP contribution in [0.15, 0.2) is 24.3 Å². The van der Waals surface area contributed by atoms with Crippen molar-refractivity contribution in [3.05, 3.63) is 29.8 Å². The van der Waals surface area contributed by atoms with Crippen molar-refractivity contribution in [2.75, 3.05) is 13.7 Å². The van der Waals surface area contributed by atoms with E-state index < -0.39 is 0 Å². The fourth-order valence-corrected chi connectivity index (χ4v) is 2.48. The quantitative estimate of drug-likeness (QED) is 0.819. The highest BCUT2D eigenvalue weighted by Gasteiger charge is 2.33. The van der Waals surface area contributed by atoms with Crippen LogP contribution in [0, 0.1) is 0 Å². The van der Waals surface area contributed by atoms with Crippen molar-refractivity contribution in [2.45, 2.75) is 31.7 Å². The normalized spacial score (nSPS) is 25.5. The molecule has 1 N–H and O–H groups in total. The molecule has 1 aliphatic rings. The zero-order valence-electron chi connectivity index (χ0n) is 9.55. The minimum atomic E-state index is 0.189. The van der Waals surface area contributed by atoms with Gasteiger partial charge in [-0.25, -0.2) is 0 Å². The summed E-state index contributed by atoms with van der Waals surface area (Å²) < 4.78 is 5.28. The summed E-state index contributed by atoms with van der Waals surface area (Å²) in [5.41, 5.74) is 1.55. The monoisotopic (exact) mass is 205 g/mol. The van der Waals surface area contributed by atoms with Gasteiger partial charge in [-0.1, -0.05) is 19.1 Å². The Labute approximate surface area is 91.6 Å². The molecule has 1 fully saturated rings. The second-order valence-electron chi connectivity index (χ2n) is 4.20. The van der Waals surface area contributed by atoms with Gasteiger partial charge in [0, 0.05) is 5.54 Å². The molecule has 2 heteroatoms. The molecule has 1 heterocycles. The van der Waals surface area contributed by atoms with E-state index in [1.54, 1.807) is 7.11 Å². The van der Waals surface area contributed by atoms with Gasteiger partial charge in [0.15, 0.2) is 0 Å². The molecule has 2 nitrogen and oxygen atoms in total. The van der Waals surface area contributed by atoms with E-state index in [1.807, 2.05) is 6.07 Å². The van der Waals surface area contributed by atoms with Crippen LogP contribution in [0.1, 0.15) is 31.7 Å². The lowest BCUT2D eigenvalue weighted by Gasteiger charge is -2.29. The Bertz CT molecular complexity index is 329. The van der Waals surface area contributed by atoms with E-state index in [-0.39, 0.29) is 5.54 Å². The van der Waals surface area contributed by atoms with Crippen molar-refractivity contribution in [1.29, 1.82) is 0 Å². The average Bonchev–Trinajstić information content (AvgIpc) is 2.79. The van der Waals surface area contributed by atoms with Crippen LogP contribution in [0.5, 0.6) is 5.75 Å². The van der Waals surface area contributed by atoms with Crippen molar-refractivity contribution < 1.29 is 4.74 Å². The Hall–Kier alpha value is -1.02. The summed E-state index contributed by atoms with van der Waals surface area (Å²) in [6.45, 7) is 3.38. The van der Waals surface area contributed by atoms with Crippen molar-refractivity contribution in [1.82, 2.24) is 5.32 Å². The topological polar surface area (TPSA) is 21.3 Å². The standard InChI is InChI=1S/C13H19NO/c1-3-13(8-5-9-14-13)11-6-4-7-12(10-11)15-2/h4,6-7,10,14H,3,5,8-9H2,1-2H3/t13-/m0/s1. The van der Waals surface area contributed by atoms with Gasteiger partial charge < -0.3 is 10.1 Å². The molecule has 1 atom stereocenters. The first kappa shape index (κ1) is 10.5. The molecule has 0 spiro atoms. The second-order valence-corrected chi connectivity index (χ2v) is 4.20.